The van der Waals surface area contributed by atoms with Crippen LogP contribution in [0.5, 0.6) is 0 Å². The molecule has 1 heterocycles. The minimum atomic E-state index is 0.0679. The van der Waals surface area contributed by atoms with E-state index in [2.05, 4.69) is 42.7 Å². The van der Waals surface area contributed by atoms with Crippen molar-refractivity contribution in [3.63, 3.8) is 0 Å². The van der Waals surface area contributed by atoms with Crippen molar-refractivity contribution in [2.24, 2.45) is 11.1 Å². The van der Waals surface area contributed by atoms with Gasteiger partial charge in [0.2, 0.25) is 0 Å². The molecule has 0 fully saturated rings. The SMILES string of the molecule is CC(N)C(n1ncc2ccccc21)C(C)(C)C. The molecule has 0 aliphatic heterocycles. The number of aromatic nitrogens is 2. The summed E-state index contributed by atoms with van der Waals surface area (Å²) in [5.41, 5.74) is 7.39. The van der Waals surface area contributed by atoms with E-state index in [1.807, 2.05) is 25.3 Å². The molecule has 0 saturated heterocycles. The van der Waals surface area contributed by atoms with Gasteiger partial charge in [0.25, 0.3) is 0 Å². The predicted molar refractivity (Wildman–Crippen MR) is 71.9 cm³/mol. The number of fused-ring (bicyclic) bond motifs is 1. The molecule has 0 saturated carbocycles. The zero-order valence-corrected chi connectivity index (χ0v) is 11.0. The summed E-state index contributed by atoms with van der Waals surface area (Å²) in [6.07, 6.45) is 1.91. The fourth-order valence-corrected chi connectivity index (χ4v) is 2.59. The fourth-order valence-electron chi connectivity index (χ4n) is 2.59. The van der Waals surface area contributed by atoms with Crippen molar-refractivity contribution in [1.82, 2.24) is 9.78 Å². The zero-order chi connectivity index (χ0) is 12.6. The average molecular weight is 231 g/mol. The topological polar surface area (TPSA) is 43.8 Å². The van der Waals surface area contributed by atoms with E-state index in [0.29, 0.717) is 0 Å². The van der Waals surface area contributed by atoms with Crippen LogP contribution in [0.15, 0.2) is 30.5 Å². The Labute approximate surface area is 103 Å². The lowest BCUT2D eigenvalue weighted by molar-refractivity contribution is 0.202. The molecule has 0 aliphatic rings. The second-order valence-electron chi connectivity index (χ2n) is 5.82. The lowest BCUT2D eigenvalue weighted by Crippen LogP contribution is -2.38. The molecule has 3 heteroatoms. The van der Waals surface area contributed by atoms with Crippen LogP contribution >= 0.6 is 0 Å². The molecule has 0 bridgehead atoms. The quantitative estimate of drug-likeness (QED) is 0.863. The molecule has 3 nitrogen and oxygen atoms in total. The first kappa shape index (κ1) is 12.1. The summed E-state index contributed by atoms with van der Waals surface area (Å²) in [7, 11) is 0. The van der Waals surface area contributed by atoms with Crippen molar-refractivity contribution in [1.29, 1.82) is 0 Å². The van der Waals surface area contributed by atoms with Gasteiger partial charge in [-0.15, -0.1) is 0 Å². The maximum Gasteiger partial charge on any atom is 0.0722 e. The molecule has 2 atom stereocenters. The Bertz CT molecular complexity index is 505. The van der Waals surface area contributed by atoms with Gasteiger partial charge >= 0.3 is 0 Å². The van der Waals surface area contributed by atoms with E-state index in [1.165, 1.54) is 5.39 Å². The number of nitrogens with zero attached hydrogens (tertiary/aromatic N) is 2. The zero-order valence-electron chi connectivity index (χ0n) is 11.0. The molecule has 1 aromatic heterocycles. The molecule has 92 valence electrons. The summed E-state index contributed by atoms with van der Waals surface area (Å²) < 4.78 is 2.07. The maximum atomic E-state index is 6.14. The van der Waals surface area contributed by atoms with Crippen molar-refractivity contribution in [2.75, 3.05) is 0 Å². The van der Waals surface area contributed by atoms with E-state index < -0.39 is 0 Å². The van der Waals surface area contributed by atoms with Gasteiger partial charge in [0.05, 0.1) is 17.8 Å². The second-order valence-corrected chi connectivity index (χ2v) is 5.82. The number of hydrogen-bond donors (Lipinski definition) is 1. The predicted octanol–water partition coefficient (Wildman–Crippen LogP) is 2.97. The van der Waals surface area contributed by atoms with Gasteiger partial charge in [-0.05, 0) is 18.4 Å². The van der Waals surface area contributed by atoms with Crippen LogP contribution in [0.25, 0.3) is 10.9 Å². The van der Waals surface area contributed by atoms with Crippen LogP contribution in [0.3, 0.4) is 0 Å². The van der Waals surface area contributed by atoms with Crippen LogP contribution < -0.4 is 5.73 Å². The van der Waals surface area contributed by atoms with Crippen molar-refractivity contribution in [3.8, 4) is 0 Å². The van der Waals surface area contributed by atoms with E-state index in [0.717, 1.165) is 5.52 Å². The van der Waals surface area contributed by atoms with Gasteiger partial charge in [0.15, 0.2) is 0 Å². The third-order valence-corrected chi connectivity index (χ3v) is 3.15. The smallest absolute Gasteiger partial charge is 0.0722 e. The molecule has 1 aromatic carbocycles. The number of rotatable bonds is 2. The summed E-state index contributed by atoms with van der Waals surface area (Å²) >= 11 is 0. The van der Waals surface area contributed by atoms with Crippen LogP contribution in [0.1, 0.15) is 33.7 Å². The molecule has 2 N–H and O–H groups in total. The molecule has 17 heavy (non-hydrogen) atoms. The number of hydrogen-bond acceptors (Lipinski definition) is 2. The summed E-state index contributed by atoms with van der Waals surface area (Å²) in [5, 5.41) is 5.69. The molecule has 0 aliphatic carbocycles. The van der Waals surface area contributed by atoms with E-state index in [9.17, 15) is 0 Å². The molecule has 0 radical (unpaired) electrons. The highest BCUT2D eigenvalue weighted by molar-refractivity contribution is 5.78. The molecule has 0 amide bonds. The van der Waals surface area contributed by atoms with Gasteiger partial charge in [0, 0.05) is 11.4 Å². The highest BCUT2D eigenvalue weighted by Crippen LogP contribution is 2.34. The van der Waals surface area contributed by atoms with Crippen LogP contribution in [0.2, 0.25) is 0 Å². The first-order valence-electron chi connectivity index (χ1n) is 6.09. The van der Waals surface area contributed by atoms with Crippen molar-refractivity contribution < 1.29 is 0 Å². The van der Waals surface area contributed by atoms with Crippen LogP contribution in [-0.4, -0.2) is 15.8 Å². The minimum absolute atomic E-state index is 0.0679. The average Bonchev–Trinajstić information content (AvgIpc) is 2.60. The largest absolute Gasteiger partial charge is 0.326 e. The van der Waals surface area contributed by atoms with E-state index in [-0.39, 0.29) is 17.5 Å². The van der Waals surface area contributed by atoms with E-state index >= 15 is 0 Å². The third kappa shape index (κ3) is 2.20. The molecule has 2 rings (SSSR count). The summed E-state index contributed by atoms with van der Waals surface area (Å²) in [6, 6.07) is 8.53. The molecular formula is C14H21N3. The summed E-state index contributed by atoms with van der Waals surface area (Å²) in [6.45, 7) is 8.67. The molecular weight excluding hydrogens is 210 g/mol. The highest BCUT2D eigenvalue weighted by atomic mass is 15.3. The summed E-state index contributed by atoms with van der Waals surface area (Å²) in [5.74, 6) is 0. The van der Waals surface area contributed by atoms with Crippen LogP contribution in [0, 0.1) is 5.41 Å². The Morgan fingerprint density at radius 3 is 2.47 bits per heavy atom. The van der Waals surface area contributed by atoms with Crippen molar-refractivity contribution >= 4 is 10.9 Å². The van der Waals surface area contributed by atoms with E-state index in [4.69, 9.17) is 5.73 Å². The van der Waals surface area contributed by atoms with Gasteiger partial charge in [-0.2, -0.15) is 5.10 Å². The second kappa shape index (κ2) is 4.15. The Morgan fingerprint density at radius 2 is 1.88 bits per heavy atom. The van der Waals surface area contributed by atoms with E-state index in [1.54, 1.807) is 0 Å². The van der Waals surface area contributed by atoms with Crippen molar-refractivity contribution in [2.45, 2.75) is 39.8 Å². The lowest BCUT2D eigenvalue weighted by atomic mass is 9.83. The van der Waals surface area contributed by atoms with Gasteiger partial charge < -0.3 is 5.73 Å². The summed E-state index contributed by atoms with van der Waals surface area (Å²) in [4.78, 5) is 0. The Morgan fingerprint density at radius 1 is 1.24 bits per heavy atom. The molecule has 2 unspecified atom stereocenters. The molecule has 0 spiro atoms. The fraction of sp³-hybridized carbons (Fsp3) is 0.500. The van der Waals surface area contributed by atoms with Gasteiger partial charge in [-0.3, -0.25) is 4.68 Å². The number of para-hydroxylation sites is 1. The lowest BCUT2D eigenvalue weighted by Gasteiger charge is -2.34. The van der Waals surface area contributed by atoms with Gasteiger partial charge in [-0.25, -0.2) is 0 Å². The third-order valence-electron chi connectivity index (χ3n) is 3.15. The van der Waals surface area contributed by atoms with Gasteiger partial charge in [-0.1, -0.05) is 39.0 Å². The van der Waals surface area contributed by atoms with Crippen LogP contribution in [-0.2, 0) is 0 Å². The van der Waals surface area contributed by atoms with Gasteiger partial charge in [0.1, 0.15) is 0 Å². The standard InChI is InChI=1S/C14H21N3/c1-10(15)13(14(2,3)4)17-12-8-6-5-7-11(12)9-16-17/h5-10,13H,15H2,1-4H3. The minimum Gasteiger partial charge on any atom is -0.326 e. The Kier molecular flexibility index (Phi) is 2.96. The number of benzene rings is 1. The molecule has 2 aromatic rings. The Balaban J connectivity index is 2.57. The monoisotopic (exact) mass is 231 g/mol. The van der Waals surface area contributed by atoms with Crippen LogP contribution in [0.4, 0.5) is 0 Å². The number of nitrogens with two attached hydrogens (primary N) is 1. The normalized spacial score (nSPS) is 16.1. The van der Waals surface area contributed by atoms with Crippen molar-refractivity contribution in [3.05, 3.63) is 30.5 Å². The maximum absolute atomic E-state index is 6.14. The Hall–Kier alpha value is -1.35. The first-order valence-corrected chi connectivity index (χ1v) is 6.09. The highest BCUT2D eigenvalue weighted by Gasteiger charge is 2.31. The first-order chi connectivity index (χ1) is 7.91.